The molecule has 364 valence electrons. The van der Waals surface area contributed by atoms with Gasteiger partial charge >= 0.3 is 17.9 Å². The lowest BCUT2D eigenvalue weighted by Gasteiger charge is -2.31. The maximum absolute atomic E-state index is 12.8. The highest BCUT2D eigenvalue weighted by molar-refractivity contribution is 5.72. The average Bonchev–Trinajstić information content (AvgIpc) is 3.24. The first-order valence-corrected chi connectivity index (χ1v) is 25.9. The number of carboxylic acid groups (broad SMARTS) is 1. The zero-order valence-corrected chi connectivity index (χ0v) is 41.5. The topological polar surface area (TPSA) is 99.1 Å². The Morgan fingerprint density at radius 2 is 0.857 bits per heavy atom. The maximum Gasteiger partial charge on any atom is 0.362 e. The number of ether oxygens (including phenoxy) is 3. The zero-order chi connectivity index (χ0) is 46.3. The number of aliphatic carboxylic acids is 1. The van der Waals surface area contributed by atoms with E-state index in [4.69, 9.17) is 14.2 Å². The lowest BCUT2D eigenvalue weighted by molar-refractivity contribution is -0.887. The van der Waals surface area contributed by atoms with Gasteiger partial charge in [-0.1, -0.05) is 197 Å². The third-order valence-corrected chi connectivity index (χ3v) is 11.5. The fraction of sp³-hybridized carbons (Fsp3) is 0.764. The Balaban J connectivity index is 4.29. The molecule has 0 amide bonds. The molecular weight excluding hydrogens is 787 g/mol. The Hall–Kier alpha value is -2.97. The summed E-state index contributed by atoms with van der Waals surface area (Å²) in [5.41, 5.74) is 0. The van der Waals surface area contributed by atoms with Crippen molar-refractivity contribution in [2.75, 3.05) is 41.0 Å². The summed E-state index contributed by atoms with van der Waals surface area (Å²) >= 11 is 0. The summed E-state index contributed by atoms with van der Waals surface area (Å²) in [5.74, 6) is -1.50. The largest absolute Gasteiger partial charge is 0.477 e. The first-order chi connectivity index (χ1) is 30.6. The van der Waals surface area contributed by atoms with E-state index in [0.717, 1.165) is 64.2 Å². The smallest absolute Gasteiger partial charge is 0.362 e. The third-order valence-electron chi connectivity index (χ3n) is 11.5. The van der Waals surface area contributed by atoms with Crippen molar-refractivity contribution < 1.29 is 38.2 Å². The summed E-state index contributed by atoms with van der Waals surface area (Å²) in [7, 11) is 5.52. The second-order valence-electron chi connectivity index (χ2n) is 18.5. The van der Waals surface area contributed by atoms with E-state index in [1.807, 2.05) is 21.1 Å². The van der Waals surface area contributed by atoms with E-state index in [1.54, 1.807) is 0 Å². The van der Waals surface area contributed by atoms with E-state index >= 15 is 0 Å². The van der Waals surface area contributed by atoms with Gasteiger partial charge in [-0.2, -0.15) is 0 Å². The number of carbonyl (C=O) groups excluding carboxylic acids is 2. The molecule has 0 fully saturated rings. The number of esters is 2. The number of rotatable bonds is 46. The zero-order valence-electron chi connectivity index (χ0n) is 41.5. The average molecular weight is 885 g/mol. The fourth-order valence-corrected chi connectivity index (χ4v) is 7.45. The number of carbonyl (C=O) groups is 3. The number of nitrogens with zero attached hydrogens (tertiary/aromatic N) is 1. The van der Waals surface area contributed by atoms with E-state index in [1.165, 1.54) is 122 Å². The lowest BCUT2D eigenvalue weighted by Crippen LogP contribution is -2.50. The Kier molecular flexibility index (Phi) is 43.4. The molecule has 2 atom stereocenters. The molecule has 0 aromatic heterocycles. The van der Waals surface area contributed by atoms with Crippen molar-refractivity contribution >= 4 is 17.9 Å². The fourth-order valence-electron chi connectivity index (χ4n) is 7.45. The number of hydrogen-bond acceptors (Lipinski definition) is 6. The number of unbranched alkanes of at least 4 members (excludes halogenated alkanes) is 25. The van der Waals surface area contributed by atoms with E-state index in [9.17, 15) is 19.5 Å². The van der Waals surface area contributed by atoms with Gasteiger partial charge in [-0.05, 0) is 64.2 Å². The van der Waals surface area contributed by atoms with Gasteiger partial charge < -0.3 is 23.8 Å². The molecule has 1 N–H and O–H groups in total. The molecule has 0 radical (unpaired) electrons. The van der Waals surface area contributed by atoms with Crippen molar-refractivity contribution in [3.05, 3.63) is 60.8 Å². The first kappa shape index (κ1) is 60.0. The molecule has 0 rings (SSSR count). The minimum Gasteiger partial charge on any atom is -0.477 e. The molecule has 0 aromatic rings. The van der Waals surface area contributed by atoms with Crippen LogP contribution in [0, 0.1) is 0 Å². The Bertz CT molecular complexity index is 1210. The molecule has 0 spiro atoms. The lowest BCUT2D eigenvalue weighted by atomic mass is 10.1. The summed E-state index contributed by atoms with van der Waals surface area (Å²) in [6, 6.07) is -0.623. The molecule has 0 saturated carbocycles. The highest BCUT2D eigenvalue weighted by Crippen LogP contribution is 2.15. The van der Waals surface area contributed by atoms with Gasteiger partial charge in [0.25, 0.3) is 0 Å². The quantitative estimate of drug-likeness (QED) is 0.0214. The number of allylic oxidation sites excluding steroid dienone is 10. The van der Waals surface area contributed by atoms with Crippen LogP contribution in [0.3, 0.4) is 0 Å². The van der Waals surface area contributed by atoms with Crippen molar-refractivity contribution in [1.82, 2.24) is 0 Å². The summed E-state index contributed by atoms with van der Waals surface area (Å²) in [6.07, 6.45) is 56.9. The van der Waals surface area contributed by atoms with Crippen molar-refractivity contribution in [1.29, 1.82) is 0 Å². The van der Waals surface area contributed by atoms with Gasteiger partial charge in [0.05, 0.1) is 34.4 Å². The minimum absolute atomic E-state index is 0.0484. The molecule has 0 aliphatic rings. The van der Waals surface area contributed by atoms with Gasteiger partial charge in [-0.15, -0.1) is 0 Å². The van der Waals surface area contributed by atoms with Crippen LogP contribution in [0.15, 0.2) is 60.8 Å². The second kappa shape index (κ2) is 45.6. The molecule has 0 aliphatic carbocycles. The molecule has 0 saturated heterocycles. The Labute approximate surface area is 388 Å². The predicted octanol–water partition coefficient (Wildman–Crippen LogP) is 14.9. The molecule has 2 unspecified atom stereocenters. The molecule has 63 heavy (non-hydrogen) atoms. The van der Waals surface area contributed by atoms with Gasteiger partial charge in [0, 0.05) is 19.3 Å². The van der Waals surface area contributed by atoms with Crippen LogP contribution in [0.2, 0.25) is 0 Å². The van der Waals surface area contributed by atoms with Crippen molar-refractivity contribution in [3.8, 4) is 0 Å². The predicted molar refractivity (Wildman–Crippen MR) is 266 cm³/mol. The van der Waals surface area contributed by atoms with Crippen molar-refractivity contribution in [3.63, 3.8) is 0 Å². The first-order valence-electron chi connectivity index (χ1n) is 25.9. The molecule has 8 nitrogen and oxygen atoms in total. The van der Waals surface area contributed by atoms with Crippen molar-refractivity contribution in [2.24, 2.45) is 0 Å². The highest BCUT2D eigenvalue weighted by Gasteiger charge is 2.31. The van der Waals surface area contributed by atoms with Crippen LogP contribution < -0.4 is 0 Å². The minimum atomic E-state index is -0.880. The van der Waals surface area contributed by atoms with Gasteiger partial charge in [0.15, 0.2) is 12.1 Å². The van der Waals surface area contributed by atoms with Crippen LogP contribution in [0.5, 0.6) is 0 Å². The molecule has 0 aliphatic heterocycles. The van der Waals surface area contributed by atoms with Crippen LogP contribution in [0.1, 0.15) is 219 Å². The van der Waals surface area contributed by atoms with E-state index in [0.29, 0.717) is 19.3 Å². The molecule has 0 heterocycles. The molecule has 0 aromatic carbocycles. The summed E-state index contributed by atoms with van der Waals surface area (Å²) < 4.78 is 17.3. The summed E-state index contributed by atoms with van der Waals surface area (Å²) in [4.78, 5) is 37.2. The summed E-state index contributed by atoms with van der Waals surface area (Å²) in [5, 5.41) is 9.65. The monoisotopic (exact) mass is 885 g/mol. The van der Waals surface area contributed by atoms with Gasteiger partial charge in [-0.25, -0.2) is 4.79 Å². The van der Waals surface area contributed by atoms with Crippen molar-refractivity contribution in [2.45, 2.75) is 231 Å². The molecular formula is C55H98NO7+. The van der Waals surface area contributed by atoms with Gasteiger partial charge in [0.2, 0.25) is 0 Å². The maximum atomic E-state index is 12.8. The van der Waals surface area contributed by atoms with Crippen LogP contribution in [-0.2, 0) is 28.6 Å². The van der Waals surface area contributed by atoms with E-state index in [-0.39, 0.29) is 36.2 Å². The van der Waals surface area contributed by atoms with Crippen LogP contribution in [0.25, 0.3) is 0 Å². The standard InChI is InChI=1S/C55H97NO7/c1-6-8-10-12-14-16-18-20-22-24-26-27-28-30-31-33-35-37-39-41-43-45-53(57)62-50-51(49-61-48-47-52(55(59)60)56(3,4)5)63-54(58)46-44-42-40-38-36-34-32-29-25-23-21-19-17-15-13-11-9-7-2/h15,17,19,21,23,25,27-29,32,51-52H,6-14,16,18,20,22,24,26,30-31,33-50H2,1-5H3/p+1/b17-15+,21-19+,25-23+,28-27+,32-29+. The number of likely N-dealkylation sites (N-methyl/N-ethyl adjacent to an activating group) is 1. The number of hydrogen-bond donors (Lipinski definition) is 1. The van der Waals surface area contributed by atoms with Crippen LogP contribution in [0.4, 0.5) is 0 Å². The Morgan fingerprint density at radius 1 is 0.476 bits per heavy atom. The summed E-state index contributed by atoms with van der Waals surface area (Å²) in [6.45, 7) is 4.69. The molecule has 0 bridgehead atoms. The normalized spacial score (nSPS) is 13.3. The Morgan fingerprint density at radius 3 is 1.32 bits per heavy atom. The van der Waals surface area contributed by atoms with E-state index < -0.39 is 18.1 Å². The van der Waals surface area contributed by atoms with Gasteiger partial charge in [0.1, 0.15) is 6.61 Å². The highest BCUT2D eigenvalue weighted by atomic mass is 16.6. The molecule has 8 heteroatoms. The number of carboxylic acids is 1. The van der Waals surface area contributed by atoms with Crippen LogP contribution >= 0.6 is 0 Å². The van der Waals surface area contributed by atoms with Crippen LogP contribution in [-0.4, -0.2) is 80.6 Å². The number of quaternary nitrogens is 1. The SMILES string of the molecule is CCCCC/C=C/C=C/C=C/C=C/CCCCCCCC(=O)OC(COCCC(C(=O)O)[N+](C)(C)C)COC(=O)CCCCCCCCC/C=C/CCCCCCCCCCCC. The van der Waals surface area contributed by atoms with E-state index in [2.05, 4.69) is 74.6 Å². The third kappa shape index (κ3) is 44.0. The second-order valence-corrected chi connectivity index (χ2v) is 18.5. The van der Waals surface area contributed by atoms with Gasteiger partial charge in [-0.3, -0.25) is 9.59 Å².